The standard InChI is InChI=1S/C23H28N6O2/c1-12-20(14(3)29(5)27-12)18-10-16(21-13(2)28-31-15(21)4)11-19-22(18)26-23(25-19)24-17-6-8-30-9-7-17/h10-11,17H,6-9H2,1-5H3,(H2,24,25,26). The second-order valence-corrected chi connectivity index (χ2v) is 8.40. The number of nitrogens with zero attached hydrogens (tertiary/aromatic N) is 4. The van der Waals surface area contributed by atoms with Gasteiger partial charge in [-0.25, -0.2) is 4.98 Å². The average Bonchev–Trinajstić information content (AvgIpc) is 3.37. The molecule has 5 rings (SSSR count). The van der Waals surface area contributed by atoms with Gasteiger partial charge in [-0.1, -0.05) is 5.16 Å². The van der Waals surface area contributed by atoms with Crippen LogP contribution in [0.2, 0.25) is 0 Å². The summed E-state index contributed by atoms with van der Waals surface area (Å²) < 4.78 is 12.9. The van der Waals surface area contributed by atoms with Crippen LogP contribution in [-0.2, 0) is 11.8 Å². The molecule has 0 unspecified atom stereocenters. The van der Waals surface area contributed by atoms with Crippen LogP contribution < -0.4 is 5.32 Å². The zero-order valence-electron chi connectivity index (χ0n) is 18.7. The van der Waals surface area contributed by atoms with Gasteiger partial charge in [-0.3, -0.25) is 4.68 Å². The predicted molar refractivity (Wildman–Crippen MR) is 120 cm³/mol. The van der Waals surface area contributed by atoms with Crippen molar-refractivity contribution in [2.75, 3.05) is 18.5 Å². The molecule has 1 fully saturated rings. The first kappa shape index (κ1) is 19.8. The van der Waals surface area contributed by atoms with E-state index in [1.54, 1.807) is 0 Å². The van der Waals surface area contributed by atoms with E-state index < -0.39 is 0 Å². The maximum atomic E-state index is 5.49. The molecule has 4 heterocycles. The van der Waals surface area contributed by atoms with Gasteiger partial charge < -0.3 is 19.6 Å². The third-order valence-electron chi connectivity index (χ3n) is 6.25. The lowest BCUT2D eigenvalue weighted by molar-refractivity contribution is 0.0903. The molecule has 1 aromatic carbocycles. The summed E-state index contributed by atoms with van der Waals surface area (Å²) in [6.45, 7) is 9.63. The van der Waals surface area contributed by atoms with E-state index in [-0.39, 0.29) is 0 Å². The lowest BCUT2D eigenvalue weighted by Gasteiger charge is -2.22. The van der Waals surface area contributed by atoms with Gasteiger partial charge in [-0.2, -0.15) is 5.10 Å². The number of hydrogen-bond acceptors (Lipinski definition) is 6. The highest BCUT2D eigenvalue weighted by Crippen LogP contribution is 2.38. The molecule has 0 bridgehead atoms. The van der Waals surface area contributed by atoms with Gasteiger partial charge in [-0.05, 0) is 58.2 Å². The molecule has 4 aromatic rings. The first-order valence-electron chi connectivity index (χ1n) is 10.7. The van der Waals surface area contributed by atoms with Crippen LogP contribution in [0.5, 0.6) is 0 Å². The molecule has 2 N–H and O–H groups in total. The van der Waals surface area contributed by atoms with E-state index in [0.29, 0.717) is 6.04 Å². The lowest BCUT2D eigenvalue weighted by Crippen LogP contribution is -2.28. The second kappa shape index (κ2) is 7.53. The number of rotatable bonds is 4. The first-order chi connectivity index (χ1) is 14.9. The fourth-order valence-electron chi connectivity index (χ4n) is 4.61. The van der Waals surface area contributed by atoms with Crippen LogP contribution in [0.25, 0.3) is 33.3 Å². The third-order valence-corrected chi connectivity index (χ3v) is 6.25. The number of anilines is 1. The number of fused-ring (bicyclic) bond motifs is 1. The quantitative estimate of drug-likeness (QED) is 0.507. The van der Waals surface area contributed by atoms with Crippen molar-refractivity contribution in [2.45, 2.75) is 46.6 Å². The highest BCUT2D eigenvalue weighted by Gasteiger charge is 2.22. The summed E-state index contributed by atoms with van der Waals surface area (Å²) in [5.74, 6) is 1.60. The number of aromatic amines is 1. The normalized spacial score (nSPS) is 15.1. The van der Waals surface area contributed by atoms with Gasteiger partial charge in [-0.15, -0.1) is 0 Å². The van der Waals surface area contributed by atoms with Crippen molar-refractivity contribution in [3.63, 3.8) is 0 Å². The highest BCUT2D eigenvalue weighted by molar-refractivity contribution is 5.98. The molecule has 0 spiro atoms. The number of imidazole rings is 1. The molecule has 0 atom stereocenters. The summed E-state index contributed by atoms with van der Waals surface area (Å²) in [5.41, 5.74) is 9.14. The largest absolute Gasteiger partial charge is 0.381 e. The fraction of sp³-hybridized carbons (Fsp3) is 0.435. The Morgan fingerprint density at radius 1 is 1.06 bits per heavy atom. The van der Waals surface area contributed by atoms with Crippen molar-refractivity contribution in [1.82, 2.24) is 24.9 Å². The predicted octanol–water partition coefficient (Wildman–Crippen LogP) is 4.44. The molecule has 162 valence electrons. The van der Waals surface area contributed by atoms with Crippen molar-refractivity contribution in [3.05, 3.63) is 35.0 Å². The Kier molecular flexibility index (Phi) is 4.81. The van der Waals surface area contributed by atoms with E-state index in [9.17, 15) is 0 Å². The van der Waals surface area contributed by atoms with Crippen LogP contribution >= 0.6 is 0 Å². The first-order valence-corrected chi connectivity index (χ1v) is 10.7. The van der Waals surface area contributed by atoms with Gasteiger partial charge in [0.25, 0.3) is 0 Å². The maximum Gasteiger partial charge on any atom is 0.201 e. The summed E-state index contributed by atoms with van der Waals surface area (Å²) in [7, 11) is 1.98. The Balaban J connectivity index is 1.70. The van der Waals surface area contributed by atoms with Crippen LogP contribution in [0.15, 0.2) is 16.7 Å². The van der Waals surface area contributed by atoms with Crippen molar-refractivity contribution >= 4 is 17.0 Å². The number of aryl methyl sites for hydroxylation is 4. The summed E-state index contributed by atoms with van der Waals surface area (Å²) in [4.78, 5) is 8.46. The van der Waals surface area contributed by atoms with E-state index in [4.69, 9.17) is 14.2 Å². The van der Waals surface area contributed by atoms with E-state index in [0.717, 1.165) is 88.1 Å². The molecular formula is C23H28N6O2. The van der Waals surface area contributed by atoms with Crippen LogP contribution in [0, 0.1) is 27.7 Å². The van der Waals surface area contributed by atoms with E-state index in [1.807, 2.05) is 32.5 Å². The topological polar surface area (TPSA) is 93.8 Å². The number of benzene rings is 1. The van der Waals surface area contributed by atoms with Crippen LogP contribution in [0.1, 0.15) is 35.7 Å². The molecule has 0 saturated carbocycles. The number of aromatic nitrogens is 5. The van der Waals surface area contributed by atoms with Crippen molar-refractivity contribution < 1.29 is 9.26 Å². The summed E-state index contributed by atoms with van der Waals surface area (Å²) >= 11 is 0. The van der Waals surface area contributed by atoms with Gasteiger partial charge in [0.05, 0.1) is 22.4 Å². The molecule has 0 aliphatic carbocycles. The SMILES string of the molecule is Cc1noc(C)c1-c1cc(-c2c(C)nn(C)c2C)c2nc(NC3CCOCC3)[nH]c2c1. The molecule has 0 amide bonds. The molecule has 1 aliphatic heterocycles. The Morgan fingerprint density at radius 2 is 1.84 bits per heavy atom. The van der Waals surface area contributed by atoms with Crippen LogP contribution in [-0.4, -0.2) is 44.2 Å². The number of H-pyrrole nitrogens is 1. The van der Waals surface area contributed by atoms with E-state index in [2.05, 4.69) is 39.6 Å². The number of hydrogen-bond donors (Lipinski definition) is 2. The van der Waals surface area contributed by atoms with Gasteiger partial charge in [0.15, 0.2) is 0 Å². The minimum Gasteiger partial charge on any atom is -0.381 e. The molecule has 31 heavy (non-hydrogen) atoms. The zero-order chi connectivity index (χ0) is 21.7. The van der Waals surface area contributed by atoms with Crippen LogP contribution in [0.3, 0.4) is 0 Å². The molecule has 3 aromatic heterocycles. The minimum absolute atomic E-state index is 0.363. The maximum absolute atomic E-state index is 5.49. The Labute approximate surface area is 181 Å². The third kappa shape index (κ3) is 3.40. The Bertz CT molecular complexity index is 1240. The molecule has 0 radical (unpaired) electrons. The van der Waals surface area contributed by atoms with E-state index >= 15 is 0 Å². The van der Waals surface area contributed by atoms with Crippen molar-refractivity contribution in [3.8, 4) is 22.3 Å². The van der Waals surface area contributed by atoms with Crippen molar-refractivity contribution in [1.29, 1.82) is 0 Å². The van der Waals surface area contributed by atoms with Gasteiger partial charge in [0.2, 0.25) is 5.95 Å². The monoisotopic (exact) mass is 420 g/mol. The number of nitrogens with one attached hydrogen (secondary N) is 2. The fourth-order valence-corrected chi connectivity index (χ4v) is 4.61. The molecular weight excluding hydrogens is 392 g/mol. The van der Waals surface area contributed by atoms with Crippen LogP contribution in [0.4, 0.5) is 5.95 Å². The molecule has 1 saturated heterocycles. The Hall–Kier alpha value is -3.13. The minimum atomic E-state index is 0.363. The Morgan fingerprint density at radius 3 is 2.48 bits per heavy atom. The highest BCUT2D eigenvalue weighted by atomic mass is 16.5. The van der Waals surface area contributed by atoms with Gasteiger partial charge in [0, 0.05) is 48.7 Å². The molecule has 8 heteroatoms. The molecule has 1 aliphatic rings. The smallest absolute Gasteiger partial charge is 0.201 e. The van der Waals surface area contributed by atoms with E-state index in [1.165, 1.54) is 0 Å². The summed E-state index contributed by atoms with van der Waals surface area (Å²) in [6.07, 6.45) is 1.96. The summed E-state index contributed by atoms with van der Waals surface area (Å²) in [5, 5.41) is 12.4. The molecule has 8 nitrogen and oxygen atoms in total. The number of ether oxygens (including phenoxy) is 1. The second-order valence-electron chi connectivity index (χ2n) is 8.40. The zero-order valence-corrected chi connectivity index (χ0v) is 18.7. The van der Waals surface area contributed by atoms with Gasteiger partial charge >= 0.3 is 0 Å². The van der Waals surface area contributed by atoms with Crippen molar-refractivity contribution in [2.24, 2.45) is 7.05 Å². The van der Waals surface area contributed by atoms with Gasteiger partial charge in [0.1, 0.15) is 5.76 Å². The average molecular weight is 421 g/mol. The summed E-state index contributed by atoms with van der Waals surface area (Å²) in [6, 6.07) is 4.68. The lowest BCUT2D eigenvalue weighted by atomic mass is 9.95.